The van der Waals surface area contributed by atoms with E-state index in [0.717, 1.165) is 28.6 Å². The second kappa shape index (κ2) is 4.62. The Morgan fingerprint density at radius 1 is 1.40 bits per heavy atom. The zero-order chi connectivity index (χ0) is 10.8. The molecule has 0 saturated carbocycles. The van der Waals surface area contributed by atoms with Gasteiger partial charge < -0.3 is 5.32 Å². The van der Waals surface area contributed by atoms with Gasteiger partial charge in [-0.05, 0) is 44.0 Å². The highest BCUT2D eigenvalue weighted by molar-refractivity contribution is 9.10. The van der Waals surface area contributed by atoms with Crippen LogP contribution in [0, 0.1) is 12.7 Å². The highest BCUT2D eigenvalue weighted by atomic mass is 79.9. The highest BCUT2D eigenvalue weighted by Crippen LogP contribution is 2.31. The van der Waals surface area contributed by atoms with Gasteiger partial charge in [-0.25, -0.2) is 4.39 Å². The number of nitrogens with one attached hydrogen (secondary N) is 1. The minimum Gasteiger partial charge on any atom is -0.310 e. The number of halogens is 2. The molecule has 3 heteroatoms. The number of rotatable bonds is 1. The maximum atomic E-state index is 13.8. The summed E-state index contributed by atoms with van der Waals surface area (Å²) in [5, 5.41) is 3.38. The molecule has 0 bridgehead atoms. The average Bonchev–Trinajstić information content (AvgIpc) is 2.26. The van der Waals surface area contributed by atoms with E-state index < -0.39 is 0 Å². The summed E-state index contributed by atoms with van der Waals surface area (Å²) >= 11 is 3.45. The summed E-state index contributed by atoms with van der Waals surface area (Å²) in [6.07, 6.45) is 3.42. The molecule has 2 rings (SSSR count). The minimum absolute atomic E-state index is 0.0879. The van der Waals surface area contributed by atoms with Crippen LogP contribution in [-0.4, -0.2) is 6.54 Å². The SMILES string of the molecule is Cc1c(Br)ccc(F)c1C1CCCCN1. The summed E-state index contributed by atoms with van der Waals surface area (Å²) < 4.78 is 14.7. The fourth-order valence-corrected chi connectivity index (χ4v) is 2.54. The van der Waals surface area contributed by atoms with E-state index in [-0.39, 0.29) is 11.9 Å². The Kier molecular flexibility index (Phi) is 3.42. The van der Waals surface area contributed by atoms with Crippen molar-refractivity contribution in [2.45, 2.75) is 32.2 Å². The Labute approximate surface area is 98.2 Å². The molecule has 1 aromatic rings. The summed E-state index contributed by atoms with van der Waals surface area (Å²) in [6.45, 7) is 2.97. The van der Waals surface area contributed by atoms with Crippen molar-refractivity contribution in [3.8, 4) is 0 Å². The molecule has 1 aliphatic rings. The van der Waals surface area contributed by atoms with Gasteiger partial charge in [0.15, 0.2) is 0 Å². The van der Waals surface area contributed by atoms with Gasteiger partial charge in [-0.1, -0.05) is 22.4 Å². The molecule has 1 fully saturated rings. The van der Waals surface area contributed by atoms with Crippen molar-refractivity contribution in [3.05, 3.63) is 33.5 Å². The van der Waals surface area contributed by atoms with E-state index in [2.05, 4.69) is 21.2 Å². The zero-order valence-corrected chi connectivity index (χ0v) is 10.4. The molecule has 1 aliphatic heterocycles. The quantitative estimate of drug-likeness (QED) is 0.821. The van der Waals surface area contributed by atoms with Crippen LogP contribution in [0.25, 0.3) is 0 Å². The van der Waals surface area contributed by atoms with Gasteiger partial charge in [0, 0.05) is 16.1 Å². The first-order valence-corrected chi connectivity index (χ1v) is 6.17. The van der Waals surface area contributed by atoms with Gasteiger partial charge in [-0.2, -0.15) is 0 Å². The lowest BCUT2D eigenvalue weighted by molar-refractivity contribution is 0.398. The number of benzene rings is 1. The minimum atomic E-state index is -0.0879. The van der Waals surface area contributed by atoms with Crippen LogP contribution >= 0.6 is 15.9 Å². The normalized spacial score (nSPS) is 21.7. The number of hydrogen-bond donors (Lipinski definition) is 1. The smallest absolute Gasteiger partial charge is 0.128 e. The van der Waals surface area contributed by atoms with E-state index in [1.165, 1.54) is 12.8 Å². The van der Waals surface area contributed by atoms with Gasteiger partial charge >= 0.3 is 0 Å². The van der Waals surface area contributed by atoms with Crippen LogP contribution in [0.5, 0.6) is 0 Å². The molecule has 1 aromatic carbocycles. The van der Waals surface area contributed by atoms with Crippen LogP contribution in [-0.2, 0) is 0 Å². The molecule has 0 radical (unpaired) electrons. The fourth-order valence-electron chi connectivity index (χ4n) is 2.19. The monoisotopic (exact) mass is 271 g/mol. The van der Waals surface area contributed by atoms with Crippen LogP contribution in [0.15, 0.2) is 16.6 Å². The second-order valence-electron chi connectivity index (χ2n) is 4.07. The van der Waals surface area contributed by atoms with Crippen molar-refractivity contribution in [3.63, 3.8) is 0 Å². The second-order valence-corrected chi connectivity index (χ2v) is 4.92. The van der Waals surface area contributed by atoms with E-state index in [0.29, 0.717) is 0 Å². The van der Waals surface area contributed by atoms with E-state index in [4.69, 9.17) is 0 Å². The molecular formula is C12H15BrFN. The van der Waals surface area contributed by atoms with Crippen molar-refractivity contribution in [2.75, 3.05) is 6.54 Å². The molecule has 1 heterocycles. The van der Waals surface area contributed by atoms with Gasteiger partial charge in [-0.3, -0.25) is 0 Å². The third kappa shape index (κ3) is 2.23. The van der Waals surface area contributed by atoms with E-state index in [1.54, 1.807) is 12.1 Å². The van der Waals surface area contributed by atoms with E-state index >= 15 is 0 Å². The molecule has 1 nitrogen and oxygen atoms in total. The molecule has 0 aromatic heterocycles. The predicted octanol–water partition coefficient (Wildman–Crippen LogP) is 3.71. The Bertz CT molecular complexity index is 359. The lowest BCUT2D eigenvalue weighted by Gasteiger charge is -2.26. The van der Waals surface area contributed by atoms with Crippen LogP contribution in [0.4, 0.5) is 4.39 Å². The number of hydrogen-bond acceptors (Lipinski definition) is 1. The fraction of sp³-hybridized carbons (Fsp3) is 0.500. The topological polar surface area (TPSA) is 12.0 Å². The Morgan fingerprint density at radius 2 is 2.20 bits per heavy atom. The molecule has 0 spiro atoms. The van der Waals surface area contributed by atoms with Gasteiger partial charge in [-0.15, -0.1) is 0 Å². The molecule has 1 saturated heterocycles. The van der Waals surface area contributed by atoms with Crippen LogP contribution in [0.2, 0.25) is 0 Å². The maximum Gasteiger partial charge on any atom is 0.128 e. The number of piperidine rings is 1. The molecule has 1 atom stereocenters. The highest BCUT2D eigenvalue weighted by Gasteiger charge is 2.20. The van der Waals surface area contributed by atoms with Crippen molar-refractivity contribution in [1.82, 2.24) is 5.32 Å². The van der Waals surface area contributed by atoms with Gasteiger partial charge in [0.05, 0.1) is 0 Å². The Balaban J connectivity index is 2.36. The first-order chi connectivity index (χ1) is 7.20. The summed E-state index contributed by atoms with van der Waals surface area (Å²) in [4.78, 5) is 0. The first kappa shape index (κ1) is 11.1. The van der Waals surface area contributed by atoms with Crippen LogP contribution in [0.3, 0.4) is 0 Å². The molecule has 82 valence electrons. The Morgan fingerprint density at radius 3 is 2.87 bits per heavy atom. The standard InChI is InChI=1S/C12H15BrFN/c1-8-9(13)5-6-10(14)12(8)11-4-2-3-7-15-11/h5-6,11,15H,2-4,7H2,1H3. The Hall–Kier alpha value is -0.410. The third-order valence-corrected chi connectivity index (χ3v) is 3.91. The van der Waals surface area contributed by atoms with Crippen LogP contribution in [0.1, 0.15) is 36.4 Å². The van der Waals surface area contributed by atoms with Crippen molar-refractivity contribution in [1.29, 1.82) is 0 Å². The largest absolute Gasteiger partial charge is 0.310 e. The van der Waals surface area contributed by atoms with Crippen molar-refractivity contribution in [2.24, 2.45) is 0 Å². The van der Waals surface area contributed by atoms with Crippen molar-refractivity contribution >= 4 is 15.9 Å². The first-order valence-electron chi connectivity index (χ1n) is 5.38. The lowest BCUT2D eigenvalue weighted by atomic mass is 9.94. The molecule has 1 unspecified atom stereocenters. The summed E-state index contributed by atoms with van der Waals surface area (Å²) in [5.74, 6) is -0.0879. The lowest BCUT2D eigenvalue weighted by Crippen LogP contribution is -2.28. The van der Waals surface area contributed by atoms with Gasteiger partial charge in [0.1, 0.15) is 5.82 Å². The van der Waals surface area contributed by atoms with Gasteiger partial charge in [0.25, 0.3) is 0 Å². The zero-order valence-electron chi connectivity index (χ0n) is 8.82. The molecule has 1 N–H and O–H groups in total. The average molecular weight is 272 g/mol. The summed E-state index contributed by atoms with van der Waals surface area (Å²) in [5.41, 5.74) is 1.86. The van der Waals surface area contributed by atoms with E-state index in [9.17, 15) is 4.39 Å². The van der Waals surface area contributed by atoms with Crippen LogP contribution < -0.4 is 5.32 Å². The predicted molar refractivity (Wildman–Crippen MR) is 63.4 cm³/mol. The summed E-state index contributed by atoms with van der Waals surface area (Å²) in [6, 6.07) is 3.51. The molecule has 0 aliphatic carbocycles. The molecule has 0 amide bonds. The maximum absolute atomic E-state index is 13.8. The van der Waals surface area contributed by atoms with Crippen molar-refractivity contribution < 1.29 is 4.39 Å². The molecular weight excluding hydrogens is 257 g/mol. The summed E-state index contributed by atoms with van der Waals surface area (Å²) in [7, 11) is 0. The van der Waals surface area contributed by atoms with E-state index in [1.807, 2.05) is 6.92 Å². The molecule has 15 heavy (non-hydrogen) atoms. The third-order valence-electron chi connectivity index (χ3n) is 3.05. The van der Waals surface area contributed by atoms with Gasteiger partial charge in [0.2, 0.25) is 0 Å².